The molecular formula is C20H21N3O3. The molecule has 0 atom stereocenters. The second-order valence-corrected chi connectivity index (χ2v) is 6.25. The molecule has 0 radical (unpaired) electrons. The second kappa shape index (κ2) is 7.74. The van der Waals surface area contributed by atoms with Crippen LogP contribution in [0.4, 0.5) is 0 Å². The van der Waals surface area contributed by atoms with Gasteiger partial charge in [0.1, 0.15) is 0 Å². The summed E-state index contributed by atoms with van der Waals surface area (Å²) < 4.78 is 0. The minimum atomic E-state index is -0.529. The van der Waals surface area contributed by atoms with Crippen LogP contribution in [0.1, 0.15) is 16.8 Å². The van der Waals surface area contributed by atoms with Crippen molar-refractivity contribution in [3.63, 3.8) is 0 Å². The first kappa shape index (κ1) is 17.5. The predicted octanol–water partition coefficient (Wildman–Crippen LogP) is 2.29. The lowest BCUT2D eigenvalue weighted by atomic mass is 10.0. The van der Waals surface area contributed by atoms with Crippen molar-refractivity contribution in [3.05, 3.63) is 75.8 Å². The first-order valence-corrected chi connectivity index (χ1v) is 8.44. The number of rotatable bonds is 6. The number of aromatic amines is 2. The van der Waals surface area contributed by atoms with Crippen LogP contribution in [0, 0.1) is 6.92 Å². The summed E-state index contributed by atoms with van der Waals surface area (Å²) in [4.78, 5) is 27.5. The van der Waals surface area contributed by atoms with Gasteiger partial charge in [-0.15, -0.1) is 0 Å². The van der Waals surface area contributed by atoms with Crippen molar-refractivity contribution in [3.8, 4) is 17.0 Å². The van der Waals surface area contributed by atoms with E-state index in [-0.39, 0.29) is 23.9 Å². The Labute approximate surface area is 150 Å². The van der Waals surface area contributed by atoms with Gasteiger partial charge >= 0.3 is 5.69 Å². The normalized spacial score (nSPS) is 10.7. The Morgan fingerprint density at radius 1 is 1.00 bits per heavy atom. The molecule has 1 amide bonds. The van der Waals surface area contributed by atoms with Gasteiger partial charge in [-0.2, -0.15) is 0 Å². The van der Waals surface area contributed by atoms with Crippen molar-refractivity contribution in [1.82, 2.24) is 15.3 Å². The maximum Gasteiger partial charge on any atom is 0.325 e. The summed E-state index contributed by atoms with van der Waals surface area (Å²) in [5.74, 6) is -0.552. The van der Waals surface area contributed by atoms with Crippen LogP contribution in [0.25, 0.3) is 11.1 Å². The summed E-state index contributed by atoms with van der Waals surface area (Å²) in [6, 6.07) is 16.6. The van der Waals surface area contributed by atoms with Crippen molar-refractivity contribution in [2.75, 3.05) is 6.54 Å². The third-order valence-corrected chi connectivity index (χ3v) is 4.19. The van der Waals surface area contributed by atoms with Crippen LogP contribution in [-0.2, 0) is 17.6 Å². The van der Waals surface area contributed by atoms with Gasteiger partial charge in [-0.3, -0.25) is 9.78 Å². The van der Waals surface area contributed by atoms with Crippen molar-refractivity contribution in [1.29, 1.82) is 0 Å². The van der Waals surface area contributed by atoms with E-state index in [1.54, 1.807) is 0 Å². The minimum Gasteiger partial charge on any atom is -0.493 e. The fraction of sp³-hybridized carbons (Fsp3) is 0.200. The van der Waals surface area contributed by atoms with E-state index >= 15 is 0 Å². The van der Waals surface area contributed by atoms with Crippen molar-refractivity contribution < 1.29 is 9.90 Å². The molecule has 2 aromatic carbocycles. The number of hydrogen-bond donors (Lipinski definition) is 4. The number of amides is 1. The van der Waals surface area contributed by atoms with Crippen LogP contribution in [-0.4, -0.2) is 27.5 Å². The van der Waals surface area contributed by atoms with Gasteiger partial charge in [-0.25, -0.2) is 4.79 Å². The highest BCUT2D eigenvalue weighted by molar-refractivity contribution is 5.78. The number of aromatic hydroxyl groups is 1. The first-order valence-electron chi connectivity index (χ1n) is 8.44. The molecule has 134 valence electrons. The van der Waals surface area contributed by atoms with Crippen LogP contribution in [0.15, 0.2) is 53.3 Å². The molecule has 3 rings (SSSR count). The topological polar surface area (TPSA) is 98.0 Å². The Kier molecular flexibility index (Phi) is 5.22. The maximum absolute atomic E-state index is 11.9. The lowest BCUT2D eigenvalue weighted by molar-refractivity contribution is -0.120. The summed E-state index contributed by atoms with van der Waals surface area (Å²) in [7, 11) is 0. The highest BCUT2D eigenvalue weighted by atomic mass is 16.3. The van der Waals surface area contributed by atoms with E-state index in [2.05, 4.69) is 70.7 Å². The Morgan fingerprint density at radius 3 is 2.19 bits per heavy atom. The molecular weight excluding hydrogens is 330 g/mol. The molecule has 0 saturated heterocycles. The monoisotopic (exact) mass is 351 g/mol. The van der Waals surface area contributed by atoms with Crippen LogP contribution in [0.2, 0.25) is 0 Å². The van der Waals surface area contributed by atoms with Crippen LogP contribution in [0.5, 0.6) is 5.88 Å². The van der Waals surface area contributed by atoms with Gasteiger partial charge < -0.3 is 15.4 Å². The van der Waals surface area contributed by atoms with Gasteiger partial charge in [0.05, 0.1) is 12.1 Å². The number of nitrogens with one attached hydrogen (secondary N) is 3. The number of imidazole rings is 1. The molecule has 0 aliphatic carbocycles. The summed E-state index contributed by atoms with van der Waals surface area (Å²) in [5, 5.41) is 12.2. The van der Waals surface area contributed by atoms with Gasteiger partial charge in [0.2, 0.25) is 11.8 Å². The zero-order chi connectivity index (χ0) is 18.5. The van der Waals surface area contributed by atoms with Gasteiger partial charge in [-0.05, 0) is 30.0 Å². The SMILES string of the molecule is Cc1ccc(-c2ccc(CCNC(=O)Cc3[nH]c(=O)[nH]c3O)cc2)cc1. The average Bonchev–Trinajstić information content (AvgIpc) is 2.93. The Hall–Kier alpha value is -3.28. The lowest BCUT2D eigenvalue weighted by Gasteiger charge is -2.07. The van der Waals surface area contributed by atoms with E-state index in [0.717, 1.165) is 11.1 Å². The molecule has 6 nitrogen and oxygen atoms in total. The van der Waals surface area contributed by atoms with E-state index in [1.165, 1.54) is 11.1 Å². The largest absolute Gasteiger partial charge is 0.493 e. The molecule has 3 aromatic rings. The van der Waals surface area contributed by atoms with Gasteiger partial charge in [0.15, 0.2) is 0 Å². The maximum atomic E-state index is 11.9. The number of aryl methyl sites for hydroxylation is 1. The molecule has 0 aliphatic rings. The third-order valence-electron chi connectivity index (χ3n) is 4.19. The van der Waals surface area contributed by atoms with E-state index in [4.69, 9.17) is 0 Å². The number of H-pyrrole nitrogens is 2. The molecule has 0 aliphatic heterocycles. The zero-order valence-corrected chi connectivity index (χ0v) is 14.5. The average molecular weight is 351 g/mol. The van der Waals surface area contributed by atoms with Crippen LogP contribution < -0.4 is 11.0 Å². The van der Waals surface area contributed by atoms with Crippen LogP contribution >= 0.6 is 0 Å². The van der Waals surface area contributed by atoms with Crippen molar-refractivity contribution >= 4 is 5.91 Å². The fourth-order valence-corrected chi connectivity index (χ4v) is 2.72. The number of benzene rings is 2. The molecule has 0 bridgehead atoms. The number of hydrogen-bond acceptors (Lipinski definition) is 3. The molecule has 6 heteroatoms. The molecule has 0 saturated carbocycles. The standard InChI is InChI=1S/C20H21N3O3/c1-13-2-6-15(7-3-13)16-8-4-14(5-9-16)10-11-21-18(24)12-17-19(25)23-20(26)22-17/h2-9,25H,10-12H2,1H3,(H,21,24)(H2,22,23,26). The Balaban J connectivity index is 1.50. The van der Waals surface area contributed by atoms with E-state index in [9.17, 15) is 14.7 Å². The lowest BCUT2D eigenvalue weighted by Crippen LogP contribution is -2.27. The zero-order valence-electron chi connectivity index (χ0n) is 14.5. The van der Waals surface area contributed by atoms with Gasteiger partial charge in [-0.1, -0.05) is 54.1 Å². The van der Waals surface area contributed by atoms with Gasteiger partial charge in [0.25, 0.3) is 0 Å². The molecule has 26 heavy (non-hydrogen) atoms. The summed E-state index contributed by atoms with van der Waals surface area (Å²) in [5.41, 5.74) is 4.35. The van der Waals surface area contributed by atoms with Crippen molar-refractivity contribution in [2.45, 2.75) is 19.8 Å². The van der Waals surface area contributed by atoms with Gasteiger partial charge in [0, 0.05) is 6.54 Å². The first-order chi connectivity index (χ1) is 12.5. The van der Waals surface area contributed by atoms with E-state index in [1.807, 2.05) is 0 Å². The highest BCUT2D eigenvalue weighted by Crippen LogP contribution is 2.20. The quantitative estimate of drug-likeness (QED) is 0.548. The molecule has 1 aromatic heterocycles. The number of carbonyl (C=O) groups excluding carboxylic acids is 1. The third kappa shape index (κ3) is 4.42. The smallest absolute Gasteiger partial charge is 0.325 e. The highest BCUT2D eigenvalue weighted by Gasteiger charge is 2.10. The molecule has 0 fully saturated rings. The Morgan fingerprint density at radius 2 is 1.62 bits per heavy atom. The summed E-state index contributed by atoms with van der Waals surface area (Å²) in [6.07, 6.45) is 0.631. The predicted molar refractivity (Wildman–Crippen MR) is 100 cm³/mol. The molecule has 0 unspecified atom stereocenters. The van der Waals surface area contributed by atoms with E-state index in [0.29, 0.717) is 13.0 Å². The Bertz CT molecular complexity index is 938. The number of carbonyl (C=O) groups is 1. The summed E-state index contributed by atoms with van der Waals surface area (Å²) in [6.45, 7) is 2.55. The summed E-state index contributed by atoms with van der Waals surface area (Å²) >= 11 is 0. The second-order valence-electron chi connectivity index (χ2n) is 6.25. The molecule has 1 heterocycles. The van der Waals surface area contributed by atoms with Crippen LogP contribution in [0.3, 0.4) is 0 Å². The molecule has 4 N–H and O–H groups in total. The van der Waals surface area contributed by atoms with E-state index < -0.39 is 5.69 Å². The van der Waals surface area contributed by atoms with Crippen molar-refractivity contribution in [2.24, 2.45) is 0 Å². The minimum absolute atomic E-state index is 0.0725. The molecule has 0 spiro atoms. The fourth-order valence-electron chi connectivity index (χ4n) is 2.72. The number of aromatic nitrogens is 2.